The number of hydrogen-bond donors (Lipinski definition) is 2. The number of esters is 1. The molecule has 6 rings (SSSR count). The van der Waals surface area contributed by atoms with E-state index in [2.05, 4.69) is 5.32 Å². The number of aliphatic hydroxyl groups excluding tert-OH is 1. The van der Waals surface area contributed by atoms with Crippen molar-refractivity contribution in [2.45, 2.75) is 76.1 Å². The molecule has 1 spiro atoms. The van der Waals surface area contributed by atoms with Crippen LogP contribution in [0.15, 0.2) is 85.0 Å². The Labute approximate surface area is 275 Å². The minimum atomic E-state index is -1.48. The molecule has 2 saturated heterocycles. The number of benzene rings is 2. The molecule has 0 aliphatic carbocycles. The predicted octanol–water partition coefficient (Wildman–Crippen LogP) is 3.32. The summed E-state index contributed by atoms with van der Waals surface area (Å²) in [4.78, 5) is 59.8. The summed E-state index contributed by atoms with van der Waals surface area (Å²) in [5.41, 5.74) is 0.150. The molecule has 0 radical (unpaired) electrons. The third-order valence-corrected chi connectivity index (χ3v) is 9.90. The Balaban J connectivity index is 1.45. The van der Waals surface area contributed by atoms with Gasteiger partial charge in [0, 0.05) is 19.5 Å². The van der Waals surface area contributed by atoms with Gasteiger partial charge < -0.3 is 29.7 Å². The average Bonchev–Trinajstić information content (AvgIpc) is 3.45. The van der Waals surface area contributed by atoms with Crippen LogP contribution in [0.4, 0.5) is 0 Å². The molecule has 2 aromatic carbocycles. The van der Waals surface area contributed by atoms with Gasteiger partial charge in [-0.15, -0.1) is 0 Å². The van der Waals surface area contributed by atoms with Gasteiger partial charge in [-0.05, 0) is 30.4 Å². The maximum absolute atomic E-state index is 14.8. The summed E-state index contributed by atoms with van der Waals surface area (Å²) in [5, 5.41) is 13.5. The van der Waals surface area contributed by atoms with E-state index in [9.17, 15) is 24.3 Å². The van der Waals surface area contributed by atoms with Gasteiger partial charge in [0.25, 0.3) is 0 Å². The predicted molar refractivity (Wildman–Crippen MR) is 173 cm³/mol. The molecule has 47 heavy (non-hydrogen) atoms. The van der Waals surface area contributed by atoms with E-state index in [1.807, 2.05) is 80.6 Å². The van der Waals surface area contributed by atoms with Gasteiger partial charge in [-0.25, -0.2) is 0 Å². The Morgan fingerprint density at radius 2 is 1.68 bits per heavy atom. The number of hydrogen-bond acceptors (Lipinski definition) is 7. The minimum absolute atomic E-state index is 0.176. The maximum atomic E-state index is 14.8. The third kappa shape index (κ3) is 6.00. The summed E-state index contributed by atoms with van der Waals surface area (Å²) in [6, 6.07) is 16.4. The Kier molecular flexibility index (Phi) is 9.34. The second kappa shape index (κ2) is 13.4. The number of rotatable bonds is 6. The first-order valence-corrected chi connectivity index (χ1v) is 16.5. The Morgan fingerprint density at radius 1 is 0.979 bits per heavy atom. The summed E-state index contributed by atoms with van der Waals surface area (Å²) >= 11 is 0. The second-order valence-electron chi connectivity index (χ2n) is 13.3. The monoisotopic (exact) mass is 641 g/mol. The van der Waals surface area contributed by atoms with Crippen LogP contribution in [-0.2, 0) is 35.2 Å². The van der Waals surface area contributed by atoms with Crippen molar-refractivity contribution >= 4 is 23.7 Å². The highest BCUT2D eigenvalue weighted by Crippen LogP contribution is 2.54. The van der Waals surface area contributed by atoms with Crippen LogP contribution in [0.5, 0.6) is 0 Å². The number of nitrogens with zero attached hydrogens (tertiary/aromatic N) is 2. The van der Waals surface area contributed by atoms with Crippen LogP contribution >= 0.6 is 0 Å². The van der Waals surface area contributed by atoms with Gasteiger partial charge in [0.05, 0.1) is 30.7 Å². The van der Waals surface area contributed by atoms with Crippen LogP contribution in [-0.4, -0.2) is 81.6 Å². The molecule has 4 heterocycles. The molecule has 8 atom stereocenters. The zero-order valence-electron chi connectivity index (χ0n) is 27.0. The molecule has 2 fully saturated rings. The van der Waals surface area contributed by atoms with Crippen LogP contribution in [0.25, 0.3) is 0 Å². The molecule has 10 nitrogen and oxygen atoms in total. The van der Waals surface area contributed by atoms with Crippen molar-refractivity contribution in [2.24, 2.45) is 17.8 Å². The lowest BCUT2D eigenvalue weighted by Crippen LogP contribution is -2.59. The highest BCUT2D eigenvalue weighted by molar-refractivity contribution is 5.99. The topological polar surface area (TPSA) is 125 Å². The van der Waals surface area contributed by atoms with Crippen molar-refractivity contribution in [2.75, 3.05) is 13.2 Å². The normalized spacial score (nSPS) is 32.4. The highest BCUT2D eigenvalue weighted by Gasteiger charge is 2.72. The van der Waals surface area contributed by atoms with Gasteiger partial charge >= 0.3 is 5.97 Å². The number of carbonyl (C=O) groups excluding carboxylic acids is 4. The molecule has 10 heteroatoms. The molecule has 0 bridgehead atoms. The van der Waals surface area contributed by atoms with E-state index < -0.39 is 59.6 Å². The number of cyclic esters (lactones) is 1. The van der Waals surface area contributed by atoms with Crippen LogP contribution in [0.3, 0.4) is 0 Å². The lowest BCUT2D eigenvalue weighted by Gasteiger charge is -2.40. The lowest BCUT2D eigenvalue weighted by molar-refractivity contribution is -0.162. The molecular formula is C37H43N3O7. The molecular weight excluding hydrogens is 598 g/mol. The molecule has 2 aromatic rings. The number of aliphatic hydroxyl groups is 1. The van der Waals surface area contributed by atoms with Gasteiger partial charge in [0.15, 0.2) is 0 Å². The number of likely N-dealkylation sites (tertiary alicyclic amines) is 1. The fourth-order valence-electron chi connectivity index (χ4n) is 7.61. The Hall–Kier alpha value is -4.28. The molecule has 3 amide bonds. The van der Waals surface area contributed by atoms with Gasteiger partial charge in [0.1, 0.15) is 23.7 Å². The first kappa shape index (κ1) is 32.7. The van der Waals surface area contributed by atoms with Gasteiger partial charge in [0.2, 0.25) is 17.7 Å². The maximum Gasteiger partial charge on any atom is 0.313 e. The lowest BCUT2D eigenvalue weighted by atomic mass is 9.77. The molecule has 0 saturated carbocycles. The molecule has 0 unspecified atom stereocenters. The van der Waals surface area contributed by atoms with E-state index in [1.165, 1.54) is 4.90 Å². The van der Waals surface area contributed by atoms with Crippen LogP contribution in [0, 0.1) is 17.8 Å². The fraction of sp³-hybridized carbons (Fsp3) is 0.459. The summed E-state index contributed by atoms with van der Waals surface area (Å²) in [6.07, 6.45) is 6.04. The Bertz CT molecular complexity index is 1540. The Morgan fingerprint density at radius 3 is 2.36 bits per heavy atom. The summed E-state index contributed by atoms with van der Waals surface area (Å²) < 4.78 is 13.0. The second-order valence-corrected chi connectivity index (χ2v) is 13.3. The van der Waals surface area contributed by atoms with E-state index >= 15 is 0 Å². The molecule has 0 aromatic heterocycles. The fourth-order valence-corrected chi connectivity index (χ4v) is 7.61. The van der Waals surface area contributed by atoms with Crippen molar-refractivity contribution in [1.82, 2.24) is 15.1 Å². The number of carbonyl (C=O) groups is 4. The zero-order chi connectivity index (χ0) is 33.3. The molecule has 4 aliphatic rings. The van der Waals surface area contributed by atoms with Crippen LogP contribution in [0.1, 0.15) is 50.8 Å². The number of fused-ring (bicyclic) bond motifs is 2. The van der Waals surface area contributed by atoms with Gasteiger partial charge in [-0.3, -0.25) is 19.2 Å². The van der Waals surface area contributed by atoms with Gasteiger partial charge in [-0.1, -0.05) is 98.8 Å². The standard InChI is InChI=1S/C37H43N3O7/c1-23(2)27(22-41)40-33-35(44)39(21-25-13-6-4-7-14-25)20-12-19-37(33)31(34(40)43)30-28(47-37)17-10-11-18-29(42)38-24(3)32(46-36(30)45)26-15-8-5-9-16-26/h4-10,12-17,19,23-24,27-28,30-33,41H,11,18,20-22H2,1-3H3,(H,38,42)/b17-10-/t24-,27-,28-,30+,31+,32+,33-,37+/m0/s1. The van der Waals surface area contributed by atoms with Crippen molar-refractivity contribution in [3.05, 3.63) is 96.1 Å². The summed E-state index contributed by atoms with van der Waals surface area (Å²) in [7, 11) is 0. The smallest absolute Gasteiger partial charge is 0.313 e. The molecule has 2 N–H and O–H groups in total. The molecule has 4 aliphatic heterocycles. The number of ether oxygens (including phenoxy) is 2. The zero-order valence-corrected chi connectivity index (χ0v) is 27.0. The first-order valence-electron chi connectivity index (χ1n) is 16.5. The minimum Gasteiger partial charge on any atom is -0.455 e. The van der Waals surface area contributed by atoms with E-state index in [-0.39, 0.29) is 37.3 Å². The van der Waals surface area contributed by atoms with E-state index in [1.54, 1.807) is 30.1 Å². The number of allylic oxidation sites excluding steroid dienone is 1. The summed E-state index contributed by atoms with van der Waals surface area (Å²) in [5.74, 6) is -3.91. The van der Waals surface area contributed by atoms with E-state index in [0.717, 1.165) is 5.56 Å². The molecule has 248 valence electrons. The van der Waals surface area contributed by atoms with Crippen molar-refractivity contribution in [3.8, 4) is 0 Å². The van der Waals surface area contributed by atoms with E-state index in [4.69, 9.17) is 9.47 Å². The third-order valence-electron chi connectivity index (χ3n) is 9.90. The van der Waals surface area contributed by atoms with Crippen LogP contribution in [0.2, 0.25) is 0 Å². The number of amides is 3. The van der Waals surface area contributed by atoms with Gasteiger partial charge in [-0.2, -0.15) is 0 Å². The average molecular weight is 642 g/mol. The number of nitrogens with one attached hydrogen (secondary N) is 1. The van der Waals surface area contributed by atoms with Crippen molar-refractivity contribution in [1.29, 1.82) is 0 Å². The van der Waals surface area contributed by atoms with Crippen molar-refractivity contribution < 1.29 is 33.8 Å². The van der Waals surface area contributed by atoms with Crippen LogP contribution < -0.4 is 5.32 Å². The first-order chi connectivity index (χ1) is 22.7. The quantitative estimate of drug-likeness (QED) is 0.366. The highest BCUT2D eigenvalue weighted by atomic mass is 16.6. The summed E-state index contributed by atoms with van der Waals surface area (Å²) in [6.45, 7) is 5.82. The largest absolute Gasteiger partial charge is 0.455 e. The van der Waals surface area contributed by atoms with Crippen molar-refractivity contribution in [3.63, 3.8) is 0 Å². The SMILES string of the molecule is CC(C)[C@H](CO)N1C(=O)[C@H]2[C@@H]3C(=O)O[C@@H](c4ccccc4)[C@H](C)NC(=O)CC/C=C\[C@@H]3O[C@]23C=CCN(Cc2ccccc2)C(=O)[C@H]13. The van der Waals surface area contributed by atoms with E-state index in [0.29, 0.717) is 18.5 Å².